The van der Waals surface area contributed by atoms with E-state index < -0.39 is 0 Å². The van der Waals surface area contributed by atoms with Crippen LogP contribution in [0.2, 0.25) is 0 Å². The van der Waals surface area contributed by atoms with E-state index in [1.807, 2.05) is 12.4 Å². The molecule has 1 aliphatic heterocycles. The molecule has 0 amide bonds. The first-order valence-electron chi connectivity index (χ1n) is 7.12. The van der Waals surface area contributed by atoms with Crippen molar-refractivity contribution >= 4 is 5.69 Å². The summed E-state index contributed by atoms with van der Waals surface area (Å²) in [7, 11) is 2.18. The summed E-state index contributed by atoms with van der Waals surface area (Å²) >= 11 is 0. The van der Waals surface area contributed by atoms with Gasteiger partial charge < -0.3 is 14.4 Å². The Labute approximate surface area is 114 Å². The highest BCUT2D eigenvalue weighted by Gasteiger charge is 2.41. The van der Waals surface area contributed by atoms with E-state index in [1.54, 1.807) is 0 Å². The maximum absolute atomic E-state index is 5.79. The first-order chi connectivity index (χ1) is 9.20. The van der Waals surface area contributed by atoms with Crippen LogP contribution in [0.25, 0.3) is 0 Å². The predicted octanol–water partition coefficient (Wildman–Crippen LogP) is 2.51. The van der Waals surface area contributed by atoms with Gasteiger partial charge in [-0.05, 0) is 31.4 Å². The second-order valence-corrected chi connectivity index (χ2v) is 5.61. The standard InChI is InChI=1S/C15H22N2O2/c1-12-11-16-8-5-14(12)17(2)13-3-6-15(7-4-13)18-9-10-19-15/h5,8,11,13H,3-4,6-7,9-10H2,1-2H3. The molecule has 1 aromatic heterocycles. The maximum Gasteiger partial charge on any atom is 0.168 e. The van der Waals surface area contributed by atoms with Gasteiger partial charge in [-0.1, -0.05) is 0 Å². The second kappa shape index (κ2) is 5.10. The quantitative estimate of drug-likeness (QED) is 0.820. The van der Waals surface area contributed by atoms with Gasteiger partial charge in [-0.15, -0.1) is 0 Å². The average Bonchev–Trinajstić information content (AvgIpc) is 2.88. The third kappa shape index (κ3) is 2.47. The van der Waals surface area contributed by atoms with Crippen molar-refractivity contribution in [3.8, 4) is 0 Å². The molecule has 4 nitrogen and oxygen atoms in total. The normalized spacial score (nSPS) is 22.8. The topological polar surface area (TPSA) is 34.6 Å². The van der Waals surface area contributed by atoms with Crippen molar-refractivity contribution in [1.82, 2.24) is 4.98 Å². The molecule has 0 bridgehead atoms. The lowest BCUT2D eigenvalue weighted by atomic mass is 9.89. The molecule has 0 aromatic carbocycles. The molecule has 1 saturated carbocycles. The van der Waals surface area contributed by atoms with E-state index in [0.717, 1.165) is 38.9 Å². The first-order valence-corrected chi connectivity index (χ1v) is 7.12. The summed E-state index contributed by atoms with van der Waals surface area (Å²) in [6.07, 6.45) is 8.06. The number of pyridine rings is 1. The largest absolute Gasteiger partial charge is 0.371 e. The zero-order chi connectivity index (χ0) is 13.3. The Balaban J connectivity index is 1.66. The Hall–Kier alpha value is -1.13. The Bertz CT molecular complexity index is 434. The van der Waals surface area contributed by atoms with Gasteiger partial charge in [0, 0.05) is 44.0 Å². The van der Waals surface area contributed by atoms with Crippen LogP contribution in [0.15, 0.2) is 18.5 Å². The molecule has 19 heavy (non-hydrogen) atoms. The molecule has 1 saturated heterocycles. The van der Waals surface area contributed by atoms with Gasteiger partial charge in [0.15, 0.2) is 5.79 Å². The van der Waals surface area contributed by atoms with E-state index in [-0.39, 0.29) is 5.79 Å². The smallest absolute Gasteiger partial charge is 0.168 e. The van der Waals surface area contributed by atoms with Crippen molar-refractivity contribution in [2.45, 2.75) is 44.4 Å². The molecular weight excluding hydrogens is 240 g/mol. The molecule has 0 atom stereocenters. The summed E-state index contributed by atoms with van der Waals surface area (Å²) in [5, 5.41) is 0. The van der Waals surface area contributed by atoms with Crippen LogP contribution in [0.1, 0.15) is 31.2 Å². The molecule has 1 spiro atoms. The van der Waals surface area contributed by atoms with E-state index in [0.29, 0.717) is 6.04 Å². The van der Waals surface area contributed by atoms with E-state index in [1.165, 1.54) is 11.3 Å². The lowest BCUT2D eigenvalue weighted by Crippen LogP contribution is -2.43. The van der Waals surface area contributed by atoms with E-state index in [2.05, 4.69) is 29.9 Å². The highest BCUT2D eigenvalue weighted by molar-refractivity contribution is 5.51. The second-order valence-electron chi connectivity index (χ2n) is 5.61. The molecule has 2 heterocycles. The number of anilines is 1. The van der Waals surface area contributed by atoms with E-state index in [9.17, 15) is 0 Å². The Morgan fingerprint density at radius 1 is 1.26 bits per heavy atom. The highest BCUT2D eigenvalue weighted by atomic mass is 16.7. The number of aryl methyl sites for hydroxylation is 1. The van der Waals surface area contributed by atoms with Gasteiger partial charge in [0.2, 0.25) is 0 Å². The van der Waals surface area contributed by atoms with Crippen LogP contribution in [0.4, 0.5) is 5.69 Å². The van der Waals surface area contributed by atoms with Crippen LogP contribution in [-0.2, 0) is 9.47 Å². The summed E-state index contributed by atoms with van der Waals surface area (Å²) in [4.78, 5) is 6.55. The predicted molar refractivity (Wildman–Crippen MR) is 74.3 cm³/mol. The highest BCUT2D eigenvalue weighted by Crippen LogP contribution is 2.38. The van der Waals surface area contributed by atoms with Gasteiger partial charge >= 0.3 is 0 Å². The lowest BCUT2D eigenvalue weighted by molar-refractivity contribution is -0.178. The van der Waals surface area contributed by atoms with E-state index in [4.69, 9.17) is 9.47 Å². The zero-order valence-electron chi connectivity index (χ0n) is 11.8. The Morgan fingerprint density at radius 3 is 2.58 bits per heavy atom. The van der Waals surface area contributed by atoms with Crippen LogP contribution in [0, 0.1) is 6.92 Å². The Morgan fingerprint density at radius 2 is 1.95 bits per heavy atom. The molecule has 2 aliphatic rings. The van der Waals surface area contributed by atoms with Gasteiger partial charge in [-0.25, -0.2) is 0 Å². The SMILES string of the molecule is Cc1cnccc1N(C)C1CCC2(CC1)OCCO2. The summed E-state index contributed by atoms with van der Waals surface area (Å²) in [6.45, 7) is 3.63. The number of hydrogen-bond donors (Lipinski definition) is 0. The average molecular weight is 262 g/mol. The maximum atomic E-state index is 5.79. The van der Waals surface area contributed by atoms with Gasteiger partial charge in [0.05, 0.1) is 13.2 Å². The molecule has 4 heteroatoms. The minimum absolute atomic E-state index is 0.259. The molecular formula is C15H22N2O2. The van der Waals surface area contributed by atoms with Gasteiger partial charge in [0.1, 0.15) is 0 Å². The zero-order valence-corrected chi connectivity index (χ0v) is 11.8. The van der Waals surface area contributed by atoms with Crippen molar-refractivity contribution in [2.24, 2.45) is 0 Å². The van der Waals surface area contributed by atoms with Crippen LogP contribution in [-0.4, -0.2) is 37.1 Å². The van der Waals surface area contributed by atoms with Crippen LogP contribution in [0.3, 0.4) is 0 Å². The molecule has 0 N–H and O–H groups in total. The van der Waals surface area contributed by atoms with Crippen molar-refractivity contribution in [1.29, 1.82) is 0 Å². The first kappa shape index (κ1) is 12.9. The Kier molecular flexibility index (Phi) is 3.46. The molecule has 2 fully saturated rings. The monoisotopic (exact) mass is 262 g/mol. The fraction of sp³-hybridized carbons (Fsp3) is 0.667. The fourth-order valence-electron chi connectivity index (χ4n) is 3.27. The molecule has 3 rings (SSSR count). The summed E-state index contributed by atoms with van der Waals surface area (Å²) in [5.41, 5.74) is 2.52. The van der Waals surface area contributed by atoms with Crippen LogP contribution >= 0.6 is 0 Å². The lowest BCUT2D eigenvalue weighted by Gasteiger charge is -2.40. The van der Waals surface area contributed by atoms with Gasteiger partial charge in [0.25, 0.3) is 0 Å². The fourth-order valence-corrected chi connectivity index (χ4v) is 3.27. The minimum Gasteiger partial charge on any atom is -0.371 e. The van der Waals surface area contributed by atoms with Crippen molar-refractivity contribution in [2.75, 3.05) is 25.2 Å². The molecule has 104 valence electrons. The summed E-state index contributed by atoms with van der Waals surface area (Å²) in [6, 6.07) is 2.67. The number of ether oxygens (including phenoxy) is 2. The third-order valence-corrected chi connectivity index (χ3v) is 4.45. The van der Waals surface area contributed by atoms with Crippen molar-refractivity contribution < 1.29 is 9.47 Å². The molecule has 0 radical (unpaired) electrons. The molecule has 1 aliphatic carbocycles. The number of aromatic nitrogens is 1. The number of rotatable bonds is 2. The third-order valence-electron chi connectivity index (χ3n) is 4.45. The van der Waals surface area contributed by atoms with Crippen molar-refractivity contribution in [3.05, 3.63) is 24.0 Å². The van der Waals surface area contributed by atoms with Crippen LogP contribution < -0.4 is 4.90 Å². The summed E-state index contributed by atoms with van der Waals surface area (Å²) < 4.78 is 11.6. The van der Waals surface area contributed by atoms with Gasteiger partial charge in [-0.2, -0.15) is 0 Å². The van der Waals surface area contributed by atoms with Gasteiger partial charge in [-0.3, -0.25) is 4.98 Å². The molecule has 1 aromatic rings. The minimum atomic E-state index is -0.259. The number of hydrogen-bond acceptors (Lipinski definition) is 4. The molecule has 0 unspecified atom stereocenters. The van der Waals surface area contributed by atoms with Crippen LogP contribution in [0.5, 0.6) is 0 Å². The van der Waals surface area contributed by atoms with E-state index >= 15 is 0 Å². The summed E-state index contributed by atoms with van der Waals surface area (Å²) in [5.74, 6) is -0.259. The van der Waals surface area contributed by atoms with Crippen molar-refractivity contribution in [3.63, 3.8) is 0 Å². The number of nitrogens with zero attached hydrogens (tertiary/aromatic N) is 2.